The topological polar surface area (TPSA) is 35.0 Å². The summed E-state index contributed by atoms with van der Waals surface area (Å²) in [6.45, 7) is -0.977. The Labute approximate surface area is 114 Å². The third-order valence-corrected chi connectivity index (χ3v) is 2.65. The molecule has 1 heterocycles. The summed E-state index contributed by atoms with van der Waals surface area (Å²) >= 11 is 5.90. The standard InChI is InChI=1S/C13H11ClF2N2O/c1-2-8-7-11(14)18-12(17-8)9-5-3-4-6-10(9)19-13(15)16/h3-7,13H,2H2,1H3. The molecule has 2 rings (SSSR count). The molecule has 0 fully saturated rings. The minimum atomic E-state index is -2.90. The maximum atomic E-state index is 12.4. The second kappa shape index (κ2) is 5.93. The third kappa shape index (κ3) is 3.38. The molecule has 2 aromatic rings. The van der Waals surface area contributed by atoms with Crippen molar-refractivity contribution in [2.45, 2.75) is 20.0 Å². The van der Waals surface area contributed by atoms with Gasteiger partial charge in [0, 0.05) is 5.69 Å². The van der Waals surface area contributed by atoms with E-state index in [1.54, 1.807) is 24.3 Å². The fourth-order valence-electron chi connectivity index (χ4n) is 1.62. The molecule has 0 N–H and O–H groups in total. The van der Waals surface area contributed by atoms with E-state index >= 15 is 0 Å². The average molecular weight is 285 g/mol. The number of aryl methyl sites for hydroxylation is 1. The molecule has 0 spiro atoms. The maximum absolute atomic E-state index is 12.4. The molecule has 0 bridgehead atoms. The van der Waals surface area contributed by atoms with Gasteiger partial charge in [-0.2, -0.15) is 8.78 Å². The van der Waals surface area contributed by atoms with Crippen LogP contribution in [0.2, 0.25) is 5.15 Å². The van der Waals surface area contributed by atoms with E-state index in [2.05, 4.69) is 14.7 Å². The average Bonchev–Trinajstić information content (AvgIpc) is 2.38. The first-order chi connectivity index (χ1) is 9.10. The second-order valence-corrected chi connectivity index (χ2v) is 4.12. The molecule has 0 aliphatic rings. The molecule has 3 nitrogen and oxygen atoms in total. The van der Waals surface area contributed by atoms with Gasteiger partial charge in [-0.05, 0) is 24.6 Å². The van der Waals surface area contributed by atoms with Crippen LogP contribution in [0.15, 0.2) is 30.3 Å². The Balaban J connectivity index is 2.49. The van der Waals surface area contributed by atoms with Crippen molar-refractivity contribution < 1.29 is 13.5 Å². The van der Waals surface area contributed by atoms with Gasteiger partial charge in [0.05, 0.1) is 5.56 Å². The highest BCUT2D eigenvalue weighted by atomic mass is 35.5. The quantitative estimate of drug-likeness (QED) is 0.797. The Morgan fingerprint density at radius 2 is 2.00 bits per heavy atom. The van der Waals surface area contributed by atoms with Crippen LogP contribution in [0.3, 0.4) is 0 Å². The molecule has 19 heavy (non-hydrogen) atoms. The van der Waals surface area contributed by atoms with Crippen LogP contribution in [0.4, 0.5) is 8.78 Å². The van der Waals surface area contributed by atoms with Gasteiger partial charge in [0.15, 0.2) is 5.82 Å². The number of alkyl halides is 2. The van der Waals surface area contributed by atoms with Crippen LogP contribution in [0.1, 0.15) is 12.6 Å². The first kappa shape index (κ1) is 13.7. The molecule has 0 unspecified atom stereocenters. The molecular formula is C13H11ClF2N2O. The highest BCUT2D eigenvalue weighted by Gasteiger charge is 2.13. The predicted molar refractivity (Wildman–Crippen MR) is 68.5 cm³/mol. The summed E-state index contributed by atoms with van der Waals surface area (Å²) in [6, 6.07) is 8.00. The number of benzene rings is 1. The van der Waals surface area contributed by atoms with Crippen LogP contribution in [0.25, 0.3) is 11.4 Å². The zero-order valence-corrected chi connectivity index (χ0v) is 10.9. The van der Waals surface area contributed by atoms with E-state index in [1.165, 1.54) is 6.07 Å². The summed E-state index contributed by atoms with van der Waals surface area (Å²) < 4.78 is 29.2. The Bertz CT molecular complexity index is 578. The van der Waals surface area contributed by atoms with Gasteiger partial charge in [-0.3, -0.25) is 0 Å². The number of para-hydroxylation sites is 1. The van der Waals surface area contributed by atoms with Gasteiger partial charge >= 0.3 is 6.61 Å². The van der Waals surface area contributed by atoms with Crippen molar-refractivity contribution in [2.75, 3.05) is 0 Å². The normalized spacial score (nSPS) is 10.8. The van der Waals surface area contributed by atoms with E-state index < -0.39 is 6.61 Å². The predicted octanol–water partition coefficient (Wildman–Crippen LogP) is 3.96. The number of hydrogen-bond donors (Lipinski definition) is 0. The van der Waals surface area contributed by atoms with Crippen LogP contribution in [0, 0.1) is 0 Å². The van der Waals surface area contributed by atoms with Crippen LogP contribution in [0.5, 0.6) is 5.75 Å². The first-order valence-electron chi connectivity index (χ1n) is 5.68. The highest BCUT2D eigenvalue weighted by molar-refractivity contribution is 6.29. The number of halogens is 3. The van der Waals surface area contributed by atoms with Crippen molar-refractivity contribution in [3.63, 3.8) is 0 Å². The van der Waals surface area contributed by atoms with Crippen LogP contribution in [-0.4, -0.2) is 16.6 Å². The lowest BCUT2D eigenvalue weighted by atomic mass is 10.2. The Kier molecular flexibility index (Phi) is 4.27. The molecule has 0 aliphatic heterocycles. The van der Waals surface area contributed by atoms with Gasteiger partial charge in [-0.1, -0.05) is 30.7 Å². The first-order valence-corrected chi connectivity index (χ1v) is 6.05. The molecule has 0 radical (unpaired) electrons. The molecule has 0 atom stereocenters. The van der Waals surface area contributed by atoms with Gasteiger partial charge in [0.25, 0.3) is 0 Å². The lowest BCUT2D eigenvalue weighted by molar-refractivity contribution is -0.0494. The van der Waals surface area contributed by atoms with Gasteiger partial charge in [0.2, 0.25) is 0 Å². The van der Waals surface area contributed by atoms with E-state index in [1.807, 2.05) is 6.92 Å². The summed E-state index contributed by atoms with van der Waals surface area (Å²) in [4.78, 5) is 8.32. The lowest BCUT2D eigenvalue weighted by Crippen LogP contribution is -2.04. The number of aromatic nitrogens is 2. The number of hydrogen-bond acceptors (Lipinski definition) is 3. The Morgan fingerprint density at radius 3 is 2.68 bits per heavy atom. The van der Waals surface area contributed by atoms with Crippen LogP contribution in [-0.2, 0) is 6.42 Å². The Morgan fingerprint density at radius 1 is 1.26 bits per heavy atom. The van der Waals surface area contributed by atoms with Gasteiger partial charge in [-0.25, -0.2) is 9.97 Å². The summed E-state index contributed by atoms with van der Waals surface area (Å²) in [5.41, 5.74) is 1.13. The van der Waals surface area contributed by atoms with Crippen LogP contribution < -0.4 is 4.74 Å². The summed E-state index contributed by atoms with van der Waals surface area (Å²) in [5, 5.41) is 0.272. The van der Waals surface area contributed by atoms with Crippen molar-refractivity contribution in [2.24, 2.45) is 0 Å². The van der Waals surface area contributed by atoms with Crippen molar-refractivity contribution in [1.29, 1.82) is 0 Å². The van der Waals surface area contributed by atoms with E-state index in [0.29, 0.717) is 12.0 Å². The molecule has 1 aromatic heterocycles. The molecule has 0 saturated carbocycles. The molecule has 100 valence electrons. The SMILES string of the molecule is CCc1cc(Cl)nc(-c2ccccc2OC(F)F)n1. The largest absolute Gasteiger partial charge is 0.434 e. The zero-order chi connectivity index (χ0) is 13.8. The molecule has 1 aromatic carbocycles. The minimum absolute atomic E-state index is 0.0295. The molecular weight excluding hydrogens is 274 g/mol. The van der Waals surface area contributed by atoms with Gasteiger partial charge in [0.1, 0.15) is 10.9 Å². The third-order valence-electron chi connectivity index (χ3n) is 2.45. The van der Waals surface area contributed by atoms with E-state index in [4.69, 9.17) is 11.6 Å². The summed E-state index contributed by atoms with van der Waals surface area (Å²) in [5.74, 6) is 0.308. The van der Waals surface area contributed by atoms with Crippen LogP contribution >= 0.6 is 11.6 Å². The van der Waals surface area contributed by atoms with Crippen molar-refractivity contribution in [3.8, 4) is 17.1 Å². The molecule has 0 amide bonds. The fourth-order valence-corrected chi connectivity index (χ4v) is 1.82. The molecule has 0 saturated heterocycles. The van der Waals surface area contributed by atoms with Crippen molar-refractivity contribution in [1.82, 2.24) is 9.97 Å². The zero-order valence-electron chi connectivity index (χ0n) is 10.1. The summed E-state index contributed by atoms with van der Waals surface area (Å²) in [7, 11) is 0. The summed E-state index contributed by atoms with van der Waals surface area (Å²) in [6.07, 6.45) is 0.674. The molecule has 0 aliphatic carbocycles. The van der Waals surface area contributed by atoms with E-state index in [0.717, 1.165) is 5.69 Å². The van der Waals surface area contributed by atoms with Crippen molar-refractivity contribution >= 4 is 11.6 Å². The minimum Gasteiger partial charge on any atom is -0.434 e. The number of nitrogens with zero attached hydrogens (tertiary/aromatic N) is 2. The van der Waals surface area contributed by atoms with E-state index in [9.17, 15) is 8.78 Å². The number of rotatable bonds is 4. The van der Waals surface area contributed by atoms with E-state index in [-0.39, 0.29) is 16.7 Å². The second-order valence-electron chi connectivity index (χ2n) is 3.73. The number of ether oxygens (including phenoxy) is 1. The maximum Gasteiger partial charge on any atom is 0.387 e. The smallest absolute Gasteiger partial charge is 0.387 e. The van der Waals surface area contributed by atoms with Gasteiger partial charge in [-0.15, -0.1) is 0 Å². The fraction of sp³-hybridized carbons (Fsp3) is 0.231. The molecule has 6 heteroatoms. The lowest BCUT2D eigenvalue weighted by Gasteiger charge is -2.10. The van der Waals surface area contributed by atoms with Crippen molar-refractivity contribution in [3.05, 3.63) is 41.2 Å². The highest BCUT2D eigenvalue weighted by Crippen LogP contribution is 2.29. The monoisotopic (exact) mass is 284 g/mol. The van der Waals surface area contributed by atoms with Gasteiger partial charge < -0.3 is 4.74 Å². The Hall–Kier alpha value is -1.75.